The van der Waals surface area contributed by atoms with Gasteiger partial charge in [0.1, 0.15) is 6.04 Å². The van der Waals surface area contributed by atoms with Crippen molar-refractivity contribution in [1.82, 2.24) is 10.2 Å². The first kappa shape index (κ1) is 24.8. The second kappa shape index (κ2) is 11.4. The van der Waals surface area contributed by atoms with Gasteiger partial charge in [-0.15, -0.1) is 0 Å². The van der Waals surface area contributed by atoms with Crippen molar-refractivity contribution >= 4 is 35.0 Å². The molecule has 0 radical (unpaired) electrons. The molecule has 0 saturated heterocycles. The van der Waals surface area contributed by atoms with Crippen LogP contribution >= 0.6 is 23.2 Å². The van der Waals surface area contributed by atoms with Crippen molar-refractivity contribution in [3.8, 4) is 0 Å². The Morgan fingerprint density at radius 2 is 1.52 bits per heavy atom. The smallest absolute Gasteiger partial charge is 0.242 e. The lowest BCUT2D eigenvalue weighted by molar-refractivity contribution is -0.140. The van der Waals surface area contributed by atoms with Crippen LogP contribution < -0.4 is 5.32 Å². The van der Waals surface area contributed by atoms with Crippen molar-refractivity contribution in [2.45, 2.75) is 39.3 Å². The highest BCUT2D eigenvalue weighted by Crippen LogP contribution is 2.25. The molecule has 0 heterocycles. The zero-order valence-corrected chi connectivity index (χ0v) is 20.6. The number of carbonyl (C=O) groups is 2. The molecular formula is C27H28Cl2N2O2. The highest BCUT2D eigenvalue weighted by atomic mass is 35.5. The highest BCUT2D eigenvalue weighted by molar-refractivity contribution is 6.42. The van der Waals surface area contributed by atoms with E-state index in [4.69, 9.17) is 23.2 Å². The number of nitrogens with zero attached hydrogens (tertiary/aromatic N) is 1. The van der Waals surface area contributed by atoms with E-state index >= 15 is 0 Å². The maximum Gasteiger partial charge on any atom is 0.242 e. The molecule has 2 amide bonds. The summed E-state index contributed by atoms with van der Waals surface area (Å²) in [5.41, 5.74) is 4.90. The molecule has 3 aromatic rings. The van der Waals surface area contributed by atoms with Gasteiger partial charge in [-0.1, -0.05) is 88.9 Å². The Labute approximate surface area is 205 Å². The largest absolute Gasteiger partial charge is 0.357 e. The molecule has 1 N–H and O–H groups in total. The van der Waals surface area contributed by atoms with Crippen LogP contribution in [0.4, 0.5) is 0 Å². The molecule has 33 heavy (non-hydrogen) atoms. The molecule has 3 rings (SSSR count). The Morgan fingerprint density at radius 1 is 0.848 bits per heavy atom. The Kier molecular flexibility index (Phi) is 8.54. The van der Waals surface area contributed by atoms with Gasteiger partial charge in [0.05, 0.1) is 16.5 Å². The van der Waals surface area contributed by atoms with Gasteiger partial charge in [-0.25, -0.2) is 0 Å². The maximum atomic E-state index is 13.6. The number of carbonyl (C=O) groups excluding carboxylic acids is 2. The molecule has 0 aliphatic rings. The molecule has 0 aromatic heterocycles. The van der Waals surface area contributed by atoms with Crippen LogP contribution in [0.1, 0.15) is 27.8 Å². The molecule has 172 valence electrons. The van der Waals surface area contributed by atoms with Gasteiger partial charge in [-0.2, -0.15) is 0 Å². The van der Waals surface area contributed by atoms with E-state index in [1.807, 2.05) is 62.4 Å². The Balaban J connectivity index is 1.97. The Hall–Kier alpha value is -2.82. The van der Waals surface area contributed by atoms with Gasteiger partial charge < -0.3 is 10.2 Å². The molecule has 0 fully saturated rings. The molecule has 0 aliphatic heterocycles. The summed E-state index contributed by atoms with van der Waals surface area (Å²) >= 11 is 12.3. The van der Waals surface area contributed by atoms with Gasteiger partial charge in [-0.3, -0.25) is 9.59 Å². The molecule has 6 heteroatoms. The first-order valence-electron chi connectivity index (χ1n) is 10.8. The van der Waals surface area contributed by atoms with Crippen LogP contribution in [0, 0.1) is 13.8 Å². The van der Waals surface area contributed by atoms with Crippen molar-refractivity contribution in [2.75, 3.05) is 7.05 Å². The molecule has 0 bridgehead atoms. The molecule has 0 spiro atoms. The number of halogens is 2. The van der Waals surface area contributed by atoms with Crippen LogP contribution in [-0.2, 0) is 29.0 Å². The van der Waals surface area contributed by atoms with Crippen molar-refractivity contribution in [2.24, 2.45) is 0 Å². The summed E-state index contributed by atoms with van der Waals surface area (Å²) in [4.78, 5) is 28.3. The van der Waals surface area contributed by atoms with Crippen LogP contribution in [0.5, 0.6) is 0 Å². The van der Waals surface area contributed by atoms with Crippen LogP contribution in [0.15, 0.2) is 66.7 Å². The van der Waals surface area contributed by atoms with Gasteiger partial charge in [0.2, 0.25) is 11.8 Å². The number of aryl methyl sites for hydroxylation is 2. The number of rotatable bonds is 8. The summed E-state index contributed by atoms with van der Waals surface area (Å²) in [7, 11) is 1.59. The van der Waals surface area contributed by atoms with Crippen LogP contribution in [0.2, 0.25) is 10.0 Å². The third-order valence-electron chi connectivity index (χ3n) is 5.49. The first-order chi connectivity index (χ1) is 15.8. The Bertz CT molecular complexity index is 1110. The molecule has 0 aliphatic carbocycles. The summed E-state index contributed by atoms with van der Waals surface area (Å²) in [6.07, 6.45) is 0.604. The van der Waals surface area contributed by atoms with Gasteiger partial charge in [0.25, 0.3) is 0 Å². The first-order valence-corrected chi connectivity index (χ1v) is 11.6. The third kappa shape index (κ3) is 6.83. The van der Waals surface area contributed by atoms with E-state index in [1.54, 1.807) is 24.1 Å². The van der Waals surface area contributed by atoms with E-state index in [0.717, 1.165) is 27.8 Å². The van der Waals surface area contributed by atoms with E-state index in [0.29, 0.717) is 16.5 Å². The SMILES string of the molecule is CNC(=O)[C@H](Cc1ccccc1)N(Cc1ccc(Cl)c(Cl)c1)C(=O)Cc1cc(C)cc(C)c1. The number of nitrogens with one attached hydrogen (secondary N) is 1. The van der Waals surface area contributed by atoms with Gasteiger partial charge in [0.15, 0.2) is 0 Å². The topological polar surface area (TPSA) is 49.4 Å². The van der Waals surface area contributed by atoms with Crippen LogP contribution in [0.3, 0.4) is 0 Å². The Morgan fingerprint density at radius 3 is 2.12 bits per heavy atom. The number of hydrogen-bond acceptors (Lipinski definition) is 2. The number of benzene rings is 3. The predicted octanol–water partition coefficient (Wildman–Crippen LogP) is 5.54. The second-order valence-electron chi connectivity index (χ2n) is 8.26. The van der Waals surface area contributed by atoms with Gasteiger partial charge in [0, 0.05) is 20.0 Å². The fourth-order valence-corrected chi connectivity index (χ4v) is 4.32. The summed E-state index contributed by atoms with van der Waals surface area (Å²) in [6, 6.07) is 20.4. The minimum Gasteiger partial charge on any atom is -0.357 e. The summed E-state index contributed by atoms with van der Waals surface area (Å²) in [5.74, 6) is -0.344. The fourth-order valence-electron chi connectivity index (χ4n) is 4.00. The van der Waals surface area contributed by atoms with E-state index in [9.17, 15) is 9.59 Å². The van der Waals surface area contributed by atoms with Crippen molar-refractivity contribution < 1.29 is 9.59 Å². The standard InChI is InChI=1S/C27H28Cl2N2O2/c1-18-11-19(2)13-22(12-18)16-26(32)31(17-21-9-10-23(28)24(29)14-21)25(27(33)30-3)15-20-7-5-4-6-8-20/h4-14,25H,15-17H2,1-3H3,(H,30,33)/t25-/m0/s1. The van der Waals surface area contributed by atoms with E-state index < -0.39 is 6.04 Å². The molecule has 4 nitrogen and oxygen atoms in total. The molecule has 0 saturated carbocycles. The van der Waals surface area contributed by atoms with E-state index in [1.165, 1.54) is 0 Å². The number of likely N-dealkylation sites (N-methyl/N-ethyl adjacent to an activating group) is 1. The zero-order valence-electron chi connectivity index (χ0n) is 19.1. The van der Waals surface area contributed by atoms with Crippen LogP contribution in [-0.4, -0.2) is 29.8 Å². The second-order valence-corrected chi connectivity index (χ2v) is 9.08. The third-order valence-corrected chi connectivity index (χ3v) is 6.23. The molecule has 3 aromatic carbocycles. The lowest BCUT2D eigenvalue weighted by atomic mass is 10.0. The van der Waals surface area contributed by atoms with Crippen LogP contribution in [0.25, 0.3) is 0 Å². The highest BCUT2D eigenvalue weighted by Gasteiger charge is 2.30. The van der Waals surface area contributed by atoms with Gasteiger partial charge in [-0.05, 0) is 42.7 Å². The van der Waals surface area contributed by atoms with Gasteiger partial charge >= 0.3 is 0 Å². The quantitative estimate of drug-likeness (QED) is 0.458. The molecule has 1 atom stereocenters. The zero-order chi connectivity index (χ0) is 24.0. The minimum atomic E-state index is -0.676. The molecular weight excluding hydrogens is 455 g/mol. The van der Waals surface area contributed by atoms with Crippen molar-refractivity contribution in [1.29, 1.82) is 0 Å². The average Bonchev–Trinajstić information content (AvgIpc) is 2.78. The predicted molar refractivity (Wildman–Crippen MR) is 135 cm³/mol. The summed E-state index contributed by atoms with van der Waals surface area (Å²) in [5, 5.41) is 3.59. The summed E-state index contributed by atoms with van der Waals surface area (Å²) in [6.45, 7) is 4.26. The lowest BCUT2D eigenvalue weighted by Gasteiger charge is -2.31. The van der Waals surface area contributed by atoms with Crippen molar-refractivity contribution in [3.05, 3.63) is 105 Å². The summed E-state index contributed by atoms with van der Waals surface area (Å²) < 4.78 is 0. The lowest BCUT2D eigenvalue weighted by Crippen LogP contribution is -2.50. The average molecular weight is 483 g/mol. The number of hydrogen-bond donors (Lipinski definition) is 1. The molecule has 0 unspecified atom stereocenters. The fraction of sp³-hybridized carbons (Fsp3) is 0.259. The number of amides is 2. The van der Waals surface area contributed by atoms with E-state index in [2.05, 4.69) is 11.4 Å². The maximum absolute atomic E-state index is 13.6. The van der Waals surface area contributed by atoms with Crippen molar-refractivity contribution in [3.63, 3.8) is 0 Å². The normalized spacial score (nSPS) is 11.7. The van der Waals surface area contributed by atoms with E-state index in [-0.39, 0.29) is 24.8 Å². The minimum absolute atomic E-state index is 0.129. The monoisotopic (exact) mass is 482 g/mol.